The number of hydrogen-bond acceptors (Lipinski definition) is 1. The van der Waals surface area contributed by atoms with Crippen molar-refractivity contribution in [3.63, 3.8) is 0 Å². The highest BCUT2D eigenvalue weighted by Crippen LogP contribution is 2.54. The molecule has 0 spiro atoms. The molecule has 2 atom stereocenters. The molecule has 0 amide bonds. The molecule has 0 radical (unpaired) electrons. The van der Waals surface area contributed by atoms with Crippen LogP contribution in [0.5, 0.6) is 0 Å². The van der Waals surface area contributed by atoms with Gasteiger partial charge in [-0.05, 0) is 48.3 Å². The summed E-state index contributed by atoms with van der Waals surface area (Å²) in [6.07, 6.45) is 4.00. The molecule has 1 aliphatic carbocycles. The normalized spacial score (nSPS) is 32.6. The van der Waals surface area contributed by atoms with Gasteiger partial charge in [-0.2, -0.15) is 0 Å². The topological polar surface area (TPSA) is 12.0 Å². The zero-order valence-electron chi connectivity index (χ0n) is 10.3. The smallest absolute Gasteiger partial charge is 0.0385 e. The molecule has 1 aliphatic heterocycles. The molecule has 0 aromatic heterocycles. The Balaban J connectivity index is 2.07. The van der Waals surface area contributed by atoms with Gasteiger partial charge in [-0.3, -0.25) is 0 Å². The first-order valence-corrected chi connectivity index (χ1v) is 6.55. The standard InChI is InChI=1S/C15H21N/c1-11(2)15-8-5-9-16-14(15)13-7-4-3-6-12(13)10-15/h3-4,6-7,11,14,16H,5,8-10H2,1-2H3. The minimum absolute atomic E-state index is 0.488. The van der Waals surface area contributed by atoms with E-state index in [1.54, 1.807) is 11.1 Å². The van der Waals surface area contributed by atoms with Gasteiger partial charge in [0.2, 0.25) is 0 Å². The minimum Gasteiger partial charge on any atom is -0.309 e. The van der Waals surface area contributed by atoms with Crippen molar-refractivity contribution in [2.45, 2.75) is 39.2 Å². The van der Waals surface area contributed by atoms with E-state index in [-0.39, 0.29) is 0 Å². The van der Waals surface area contributed by atoms with E-state index in [0.29, 0.717) is 11.5 Å². The van der Waals surface area contributed by atoms with E-state index in [0.717, 1.165) is 5.92 Å². The third kappa shape index (κ3) is 1.27. The largest absolute Gasteiger partial charge is 0.309 e. The Kier molecular flexibility index (Phi) is 2.32. The van der Waals surface area contributed by atoms with Gasteiger partial charge in [0.15, 0.2) is 0 Å². The van der Waals surface area contributed by atoms with Gasteiger partial charge in [-0.25, -0.2) is 0 Å². The first-order chi connectivity index (χ1) is 7.74. The quantitative estimate of drug-likeness (QED) is 0.758. The fourth-order valence-corrected chi connectivity index (χ4v) is 3.78. The van der Waals surface area contributed by atoms with Crippen molar-refractivity contribution in [2.75, 3.05) is 6.54 Å². The summed E-state index contributed by atoms with van der Waals surface area (Å²) in [7, 11) is 0. The molecule has 1 nitrogen and oxygen atoms in total. The van der Waals surface area contributed by atoms with Gasteiger partial charge in [0.25, 0.3) is 0 Å². The molecule has 0 saturated carbocycles. The second kappa shape index (κ2) is 3.59. The highest BCUT2D eigenvalue weighted by Gasteiger charge is 2.48. The van der Waals surface area contributed by atoms with Gasteiger partial charge in [-0.15, -0.1) is 0 Å². The van der Waals surface area contributed by atoms with Gasteiger partial charge < -0.3 is 5.32 Å². The van der Waals surface area contributed by atoms with E-state index in [9.17, 15) is 0 Å². The Bertz CT molecular complexity index is 396. The van der Waals surface area contributed by atoms with Crippen LogP contribution < -0.4 is 5.32 Å². The summed E-state index contributed by atoms with van der Waals surface area (Å²) in [5.41, 5.74) is 3.63. The third-order valence-corrected chi connectivity index (χ3v) is 4.78. The van der Waals surface area contributed by atoms with Crippen molar-refractivity contribution < 1.29 is 0 Å². The molecule has 1 aromatic rings. The first kappa shape index (κ1) is 10.3. The molecule has 3 rings (SSSR count). The van der Waals surface area contributed by atoms with Crippen molar-refractivity contribution in [2.24, 2.45) is 11.3 Å². The van der Waals surface area contributed by atoms with Gasteiger partial charge >= 0.3 is 0 Å². The number of hydrogen-bond donors (Lipinski definition) is 1. The lowest BCUT2D eigenvalue weighted by Gasteiger charge is -2.44. The molecule has 1 fully saturated rings. The zero-order valence-corrected chi connectivity index (χ0v) is 10.3. The Morgan fingerprint density at radius 3 is 2.94 bits per heavy atom. The minimum atomic E-state index is 0.488. The third-order valence-electron chi connectivity index (χ3n) is 4.78. The van der Waals surface area contributed by atoms with Crippen LogP contribution in [0.15, 0.2) is 24.3 Å². The van der Waals surface area contributed by atoms with Crippen molar-refractivity contribution in [1.82, 2.24) is 5.32 Å². The second-order valence-corrected chi connectivity index (χ2v) is 5.75. The molecule has 16 heavy (non-hydrogen) atoms. The number of rotatable bonds is 1. The fourth-order valence-electron chi connectivity index (χ4n) is 3.78. The summed E-state index contributed by atoms with van der Waals surface area (Å²) < 4.78 is 0. The van der Waals surface area contributed by atoms with E-state index < -0.39 is 0 Å². The van der Waals surface area contributed by atoms with Gasteiger partial charge in [0.05, 0.1) is 0 Å². The summed E-state index contributed by atoms with van der Waals surface area (Å²) in [5.74, 6) is 0.762. The Morgan fingerprint density at radius 2 is 2.12 bits per heavy atom. The second-order valence-electron chi connectivity index (χ2n) is 5.75. The molecule has 86 valence electrons. The van der Waals surface area contributed by atoms with Crippen LogP contribution in [0.4, 0.5) is 0 Å². The summed E-state index contributed by atoms with van der Waals surface area (Å²) in [6, 6.07) is 9.62. The molecule has 1 heteroatoms. The summed E-state index contributed by atoms with van der Waals surface area (Å²) in [4.78, 5) is 0. The molecule has 1 N–H and O–H groups in total. The Morgan fingerprint density at radius 1 is 1.31 bits per heavy atom. The van der Waals surface area contributed by atoms with E-state index in [1.807, 2.05) is 0 Å². The molecule has 2 aliphatic rings. The Labute approximate surface area is 98.3 Å². The molecule has 2 unspecified atom stereocenters. The number of piperidine rings is 1. The van der Waals surface area contributed by atoms with E-state index in [1.165, 1.54) is 25.8 Å². The highest BCUT2D eigenvalue weighted by atomic mass is 15.0. The maximum atomic E-state index is 3.76. The lowest BCUT2D eigenvalue weighted by molar-refractivity contribution is 0.0908. The number of nitrogens with one attached hydrogen (secondary N) is 1. The van der Waals surface area contributed by atoms with Crippen LogP contribution in [0.25, 0.3) is 0 Å². The van der Waals surface area contributed by atoms with Crippen molar-refractivity contribution in [3.8, 4) is 0 Å². The van der Waals surface area contributed by atoms with Crippen LogP contribution in [0, 0.1) is 11.3 Å². The van der Waals surface area contributed by atoms with Crippen LogP contribution >= 0.6 is 0 Å². The van der Waals surface area contributed by atoms with Crippen molar-refractivity contribution in [3.05, 3.63) is 35.4 Å². The lowest BCUT2D eigenvalue weighted by Crippen LogP contribution is -2.44. The van der Waals surface area contributed by atoms with Crippen molar-refractivity contribution in [1.29, 1.82) is 0 Å². The molecular weight excluding hydrogens is 194 g/mol. The molecule has 1 heterocycles. The monoisotopic (exact) mass is 215 g/mol. The molecule has 1 aromatic carbocycles. The zero-order chi connectivity index (χ0) is 11.2. The lowest BCUT2D eigenvalue weighted by atomic mass is 9.67. The summed E-state index contributed by atoms with van der Waals surface area (Å²) in [5, 5.41) is 3.76. The van der Waals surface area contributed by atoms with Crippen LogP contribution in [-0.2, 0) is 6.42 Å². The molecule has 1 saturated heterocycles. The van der Waals surface area contributed by atoms with Crippen LogP contribution in [-0.4, -0.2) is 6.54 Å². The number of fused-ring (bicyclic) bond motifs is 3. The predicted molar refractivity (Wildman–Crippen MR) is 67.4 cm³/mol. The fraction of sp³-hybridized carbons (Fsp3) is 0.600. The van der Waals surface area contributed by atoms with Gasteiger partial charge in [-0.1, -0.05) is 38.1 Å². The first-order valence-electron chi connectivity index (χ1n) is 6.55. The highest BCUT2D eigenvalue weighted by molar-refractivity contribution is 5.39. The average Bonchev–Trinajstić information content (AvgIpc) is 2.64. The summed E-state index contributed by atoms with van der Waals surface area (Å²) >= 11 is 0. The van der Waals surface area contributed by atoms with E-state index >= 15 is 0 Å². The SMILES string of the molecule is CC(C)C12CCCNC1c1ccccc1C2. The molecular formula is C15H21N. The van der Waals surface area contributed by atoms with Crippen LogP contribution in [0.3, 0.4) is 0 Å². The number of benzene rings is 1. The Hall–Kier alpha value is -0.820. The maximum Gasteiger partial charge on any atom is 0.0385 e. The summed E-state index contributed by atoms with van der Waals surface area (Å²) in [6.45, 7) is 5.98. The van der Waals surface area contributed by atoms with E-state index in [2.05, 4.69) is 43.4 Å². The molecule has 0 bridgehead atoms. The van der Waals surface area contributed by atoms with Gasteiger partial charge in [0.1, 0.15) is 0 Å². The van der Waals surface area contributed by atoms with Crippen LogP contribution in [0.1, 0.15) is 43.9 Å². The van der Waals surface area contributed by atoms with Crippen LogP contribution in [0.2, 0.25) is 0 Å². The maximum absolute atomic E-state index is 3.76. The van der Waals surface area contributed by atoms with Crippen molar-refractivity contribution >= 4 is 0 Å². The van der Waals surface area contributed by atoms with Gasteiger partial charge in [0, 0.05) is 6.04 Å². The average molecular weight is 215 g/mol. The van der Waals surface area contributed by atoms with E-state index in [4.69, 9.17) is 0 Å². The predicted octanol–water partition coefficient (Wildman–Crippen LogP) is 3.31.